The number of nitrogens with zero attached hydrogens (tertiary/aromatic N) is 1. The Morgan fingerprint density at radius 1 is 1.00 bits per heavy atom. The average molecular weight is 370 g/mol. The molecule has 0 unspecified atom stereocenters. The minimum absolute atomic E-state index is 0.423. The van der Waals surface area contributed by atoms with Crippen LogP contribution in [-0.4, -0.2) is 48.5 Å². The van der Waals surface area contributed by atoms with E-state index < -0.39 is 23.5 Å². The lowest BCUT2D eigenvalue weighted by atomic mass is 9.91. The van der Waals surface area contributed by atoms with Crippen molar-refractivity contribution in [2.75, 3.05) is 20.1 Å². The molecule has 3 nitrogen and oxygen atoms in total. The van der Waals surface area contributed by atoms with Crippen molar-refractivity contribution in [3.63, 3.8) is 0 Å². The second-order valence-corrected chi connectivity index (χ2v) is 6.24. The van der Waals surface area contributed by atoms with Crippen LogP contribution in [-0.2, 0) is 12.1 Å². The summed E-state index contributed by atoms with van der Waals surface area (Å²) in [7, 11) is 1.88. The molecular formula is C16H20F6N2O. The summed E-state index contributed by atoms with van der Waals surface area (Å²) in [4.78, 5) is 2.09. The molecule has 25 heavy (non-hydrogen) atoms. The van der Waals surface area contributed by atoms with Crippen LogP contribution in [0.25, 0.3) is 0 Å². The van der Waals surface area contributed by atoms with Crippen LogP contribution in [0.15, 0.2) is 24.3 Å². The molecule has 9 heteroatoms. The summed E-state index contributed by atoms with van der Waals surface area (Å²) < 4.78 is 77.1. The molecule has 2 rings (SSSR count). The van der Waals surface area contributed by atoms with E-state index >= 15 is 0 Å². The smallest absolute Gasteiger partial charge is 0.369 e. The molecule has 1 aromatic carbocycles. The summed E-state index contributed by atoms with van der Waals surface area (Å²) in [5, 5.41) is 12.5. The van der Waals surface area contributed by atoms with Crippen molar-refractivity contribution in [3.05, 3.63) is 35.4 Å². The molecule has 1 fully saturated rings. The van der Waals surface area contributed by atoms with Crippen molar-refractivity contribution in [2.45, 2.75) is 43.4 Å². The molecule has 1 aliphatic rings. The van der Waals surface area contributed by atoms with Gasteiger partial charge in [0.25, 0.3) is 5.60 Å². The van der Waals surface area contributed by atoms with Gasteiger partial charge >= 0.3 is 12.4 Å². The van der Waals surface area contributed by atoms with Gasteiger partial charge in [-0.25, -0.2) is 0 Å². The van der Waals surface area contributed by atoms with Crippen LogP contribution in [0.3, 0.4) is 0 Å². The number of hydrogen-bond acceptors (Lipinski definition) is 3. The lowest BCUT2D eigenvalue weighted by Gasteiger charge is -2.33. The Morgan fingerprint density at radius 2 is 1.48 bits per heavy atom. The van der Waals surface area contributed by atoms with Crippen LogP contribution >= 0.6 is 0 Å². The third kappa shape index (κ3) is 4.09. The Labute approximate surface area is 141 Å². The Kier molecular flexibility index (Phi) is 5.70. The van der Waals surface area contributed by atoms with Gasteiger partial charge in [-0.3, -0.25) is 4.90 Å². The van der Waals surface area contributed by atoms with E-state index in [1.165, 1.54) is 12.1 Å². The SMILES string of the molecule is CNC1CCN(Cc2ccc(C(O)(C(F)(F)F)C(F)(F)F)cc2)CC1. The van der Waals surface area contributed by atoms with Gasteiger partial charge in [0.05, 0.1) is 0 Å². The first kappa shape index (κ1) is 20.0. The van der Waals surface area contributed by atoms with Crippen molar-refractivity contribution in [1.82, 2.24) is 10.2 Å². The van der Waals surface area contributed by atoms with Gasteiger partial charge in [-0.2, -0.15) is 26.3 Å². The van der Waals surface area contributed by atoms with Crippen LogP contribution in [0.4, 0.5) is 26.3 Å². The van der Waals surface area contributed by atoms with Crippen molar-refractivity contribution in [1.29, 1.82) is 0 Å². The molecule has 0 amide bonds. The summed E-state index contributed by atoms with van der Waals surface area (Å²) >= 11 is 0. The number of aliphatic hydroxyl groups is 1. The van der Waals surface area contributed by atoms with Gasteiger partial charge in [0.1, 0.15) is 0 Å². The van der Waals surface area contributed by atoms with E-state index in [2.05, 4.69) is 10.2 Å². The Balaban J connectivity index is 2.13. The second-order valence-electron chi connectivity index (χ2n) is 6.24. The van der Waals surface area contributed by atoms with Crippen LogP contribution < -0.4 is 5.32 Å². The fourth-order valence-corrected chi connectivity index (χ4v) is 2.98. The lowest BCUT2D eigenvalue weighted by Crippen LogP contribution is -2.53. The van der Waals surface area contributed by atoms with Crippen molar-refractivity contribution < 1.29 is 31.4 Å². The maximum Gasteiger partial charge on any atom is 0.430 e. The van der Waals surface area contributed by atoms with E-state index in [9.17, 15) is 31.4 Å². The largest absolute Gasteiger partial charge is 0.430 e. The molecule has 0 atom stereocenters. The topological polar surface area (TPSA) is 35.5 Å². The summed E-state index contributed by atoms with van der Waals surface area (Å²) in [6, 6.07) is 4.20. The maximum absolute atomic E-state index is 12.8. The number of nitrogens with one attached hydrogen (secondary N) is 1. The van der Waals surface area contributed by atoms with Crippen LogP contribution in [0.5, 0.6) is 0 Å². The predicted molar refractivity (Wildman–Crippen MR) is 79.8 cm³/mol. The first-order chi connectivity index (χ1) is 11.5. The standard InChI is InChI=1S/C16H20F6N2O/c1-23-13-6-8-24(9-7-13)10-11-2-4-12(5-3-11)14(25,15(17,18)19)16(20,21)22/h2-5,13,23,25H,6-10H2,1H3. The minimum Gasteiger partial charge on any atom is -0.369 e. The first-order valence-electron chi connectivity index (χ1n) is 7.84. The molecular weight excluding hydrogens is 350 g/mol. The predicted octanol–water partition coefficient (Wildman–Crippen LogP) is 3.18. The van der Waals surface area contributed by atoms with E-state index in [4.69, 9.17) is 0 Å². The number of rotatable bonds is 4. The highest BCUT2D eigenvalue weighted by Gasteiger charge is 2.71. The Hall–Kier alpha value is -1.32. The Morgan fingerprint density at radius 3 is 1.88 bits per heavy atom. The molecule has 0 radical (unpaired) electrons. The number of piperidine rings is 1. The Bertz CT molecular complexity index is 547. The van der Waals surface area contributed by atoms with Crippen LogP contribution in [0.2, 0.25) is 0 Å². The molecule has 1 heterocycles. The van der Waals surface area contributed by atoms with Crippen LogP contribution in [0.1, 0.15) is 24.0 Å². The van der Waals surface area contributed by atoms with Gasteiger partial charge in [0.2, 0.25) is 0 Å². The van der Waals surface area contributed by atoms with Crippen molar-refractivity contribution in [2.24, 2.45) is 0 Å². The average Bonchev–Trinajstić information content (AvgIpc) is 2.53. The molecule has 0 aliphatic carbocycles. The zero-order valence-electron chi connectivity index (χ0n) is 13.6. The van der Waals surface area contributed by atoms with E-state index in [0.717, 1.165) is 25.9 Å². The molecule has 1 aliphatic heterocycles. The van der Waals surface area contributed by atoms with Crippen molar-refractivity contribution in [3.8, 4) is 0 Å². The third-order valence-corrected chi connectivity index (χ3v) is 4.59. The molecule has 1 aromatic rings. The van der Waals surface area contributed by atoms with Gasteiger partial charge in [0.15, 0.2) is 0 Å². The number of halogens is 6. The van der Waals surface area contributed by atoms with Gasteiger partial charge in [0, 0.05) is 18.2 Å². The summed E-state index contributed by atoms with van der Waals surface area (Å²) in [5.41, 5.74) is -5.51. The van der Waals surface area contributed by atoms with Gasteiger partial charge in [-0.15, -0.1) is 0 Å². The quantitative estimate of drug-likeness (QED) is 0.800. The number of likely N-dealkylation sites (tertiary alicyclic amines) is 1. The fourth-order valence-electron chi connectivity index (χ4n) is 2.98. The fraction of sp³-hybridized carbons (Fsp3) is 0.625. The molecule has 2 N–H and O–H groups in total. The van der Waals surface area contributed by atoms with Crippen molar-refractivity contribution >= 4 is 0 Å². The van der Waals surface area contributed by atoms with E-state index in [-0.39, 0.29) is 0 Å². The normalized spacial score (nSPS) is 18.6. The highest BCUT2D eigenvalue weighted by molar-refractivity contribution is 5.30. The number of hydrogen-bond donors (Lipinski definition) is 2. The van der Waals surface area contributed by atoms with Gasteiger partial charge in [-0.1, -0.05) is 24.3 Å². The molecule has 0 saturated carbocycles. The zero-order valence-corrected chi connectivity index (χ0v) is 13.6. The molecule has 0 aromatic heterocycles. The molecule has 142 valence electrons. The summed E-state index contributed by atoms with van der Waals surface area (Å²) in [5.74, 6) is 0. The minimum atomic E-state index is -5.86. The van der Waals surface area contributed by atoms with E-state index in [0.29, 0.717) is 30.3 Å². The lowest BCUT2D eigenvalue weighted by molar-refractivity contribution is -0.376. The molecule has 0 bridgehead atoms. The maximum atomic E-state index is 12.8. The second kappa shape index (κ2) is 7.13. The first-order valence-corrected chi connectivity index (χ1v) is 7.84. The third-order valence-electron chi connectivity index (χ3n) is 4.59. The molecule has 0 spiro atoms. The van der Waals surface area contributed by atoms with Gasteiger partial charge in [-0.05, 0) is 38.5 Å². The zero-order chi connectivity index (χ0) is 18.9. The van der Waals surface area contributed by atoms with E-state index in [1.54, 1.807) is 0 Å². The number of alkyl halides is 6. The highest BCUT2D eigenvalue weighted by Crippen LogP contribution is 2.49. The molecule has 1 saturated heterocycles. The van der Waals surface area contributed by atoms with E-state index in [1.807, 2.05) is 7.05 Å². The van der Waals surface area contributed by atoms with Crippen LogP contribution in [0, 0.1) is 0 Å². The number of benzene rings is 1. The van der Waals surface area contributed by atoms with Gasteiger partial charge < -0.3 is 10.4 Å². The summed E-state index contributed by atoms with van der Waals surface area (Å²) in [6.45, 7) is 2.03. The monoisotopic (exact) mass is 370 g/mol. The highest BCUT2D eigenvalue weighted by atomic mass is 19.4. The summed E-state index contributed by atoms with van der Waals surface area (Å²) in [6.07, 6.45) is -9.86.